The molecule has 2 aromatic rings. The molecule has 0 amide bonds. The second-order valence-corrected chi connectivity index (χ2v) is 5.81. The molecule has 3 rings (SSSR count). The van der Waals surface area contributed by atoms with Crippen molar-refractivity contribution in [3.05, 3.63) is 54.3 Å². The molecule has 0 bridgehead atoms. The zero-order valence-electron chi connectivity index (χ0n) is 13.1. The maximum atomic E-state index is 12.9. The Balaban J connectivity index is 1.45. The Kier molecular flexibility index (Phi) is 5.48. The third-order valence-electron chi connectivity index (χ3n) is 4.02. The lowest BCUT2D eigenvalue weighted by Gasteiger charge is -2.23. The molecular formula is C19H22FNO2. The largest absolute Gasteiger partial charge is 0.494 e. The first kappa shape index (κ1) is 15.8. The summed E-state index contributed by atoms with van der Waals surface area (Å²) in [5, 5.41) is 3.52. The van der Waals surface area contributed by atoms with Crippen LogP contribution in [0.3, 0.4) is 0 Å². The summed E-state index contributed by atoms with van der Waals surface area (Å²) in [7, 11) is 0. The fourth-order valence-corrected chi connectivity index (χ4v) is 2.73. The lowest BCUT2D eigenvalue weighted by molar-refractivity contribution is 0.268. The Bertz CT molecular complexity index is 592. The molecule has 1 N–H and O–H groups in total. The van der Waals surface area contributed by atoms with E-state index in [1.165, 1.54) is 31.4 Å². The lowest BCUT2D eigenvalue weighted by atomic mass is 10.0. The summed E-state index contributed by atoms with van der Waals surface area (Å²) in [6.45, 7) is 1.84. The fraction of sp³-hybridized carbons (Fsp3) is 0.368. The third kappa shape index (κ3) is 4.96. The van der Waals surface area contributed by atoms with Gasteiger partial charge in [-0.1, -0.05) is 6.42 Å². The van der Waals surface area contributed by atoms with Crippen LogP contribution in [0.4, 0.5) is 4.39 Å². The molecule has 0 saturated carbocycles. The molecular weight excluding hydrogens is 293 g/mol. The van der Waals surface area contributed by atoms with Crippen LogP contribution in [0, 0.1) is 5.82 Å². The second kappa shape index (κ2) is 7.97. The van der Waals surface area contributed by atoms with Crippen molar-refractivity contribution in [2.45, 2.75) is 31.7 Å². The van der Waals surface area contributed by atoms with Crippen LogP contribution in [0.2, 0.25) is 0 Å². The normalized spacial score (nSPS) is 17.7. The van der Waals surface area contributed by atoms with Gasteiger partial charge in [0.25, 0.3) is 0 Å². The van der Waals surface area contributed by atoms with Gasteiger partial charge in [0.05, 0.1) is 6.61 Å². The fourth-order valence-electron chi connectivity index (χ4n) is 2.73. The average molecular weight is 315 g/mol. The van der Waals surface area contributed by atoms with E-state index in [-0.39, 0.29) is 5.82 Å². The predicted octanol–water partition coefficient (Wildman–Crippen LogP) is 4.53. The number of hydrogen-bond donors (Lipinski definition) is 1. The monoisotopic (exact) mass is 315 g/mol. The summed E-state index contributed by atoms with van der Waals surface area (Å²) in [6.07, 6.45) is 4.88. The van der Waals surface area contributed by atoms with Crippen molar-refractivity contribution < 1.29 is 13.9 Å². The summed E-state index contributed by atoms with van der Waals surface area (Å²) in [4.78, 5) is 0. The van der Waals surface area contributed by atoms with E-state index in [1.807, 2.05) is 24.3 Å². The Morgan fingerprint density at radius 3 is 2.22 bits per heavy atom. The SMILES string of the molecule is Fc1ccc(Oc2ccc(OCCC3CCCCN3)cc2)cc1. The minimum absolute atomic E-state index is 0.270. The van der Waals surface area contributed by atoms with E-state index >= 15 is 0 Å². The molecule has 1 heterocycles. The number of halogens is 1. The molecule has 122 valence electrons. The van der Waals surface area contributed by atoms with Gasteiger partial charge in [-0.05, 0) is 74.3 Å². The van der Waals surface area contributed by atoms with Gasteiger partial charge in [-0.2, -0.15) is 0 Å². The quantitative estimate of drug-likeness (QED) is 0.849. The molecule has 0 spiro atoms. The van der Waals surface area contributed by atoms with Gasteiger partial charge in [0, 0.05) is 6.04 Å². The molecule has 0 aromatic heterocycles. The van der Waals surface area contributed by atoms with Crippen LogP contribution in [0.25, 0.3) is 0 Å². The molecule has 2 aromatic carbocycles. The second-order valence-electron chi connectivity index (χ2n) is 5.81. The van der Waals surface area contributed by atoms with Crippen molar-refractivity contribution in [1.29, 1.82) is 0 Å². The molecule has 1 saturated heterocycles. The first-order chi connectivity index (χ1) is 11.3. The van der Waals surface area contributed by atoms with Crippen molar-refractivity contribution in [3.63, 3.8) is 0 Å². The highest BCUT2D eigenvalue weighted by Crippen LogP contribution is 2.24. The van der Waals surface area contributed by atoms with Gasteiger partial charge in [0.1, 0.15) is 23.1 Å². The highest BCUT2D eigenvalue weighted by Gasteiger charge is 2.12. The van der Waals surface area contributed by atoms with E-state index in [0.29, 0.717) is 17.5 Å². The maximum absolute atomic E-state index is 12.9. The standard InChI is InChI=1S/C19H22FNO2/c20-15-4-6-18(7-5-15)23-19-10-8-17(9-11-19)22-14-12-16-3-1-2-13-21-16/h4-11,16,21H,1-3,12-14H2. The first-order valence-electron chi connectivity index (χ1n) is 8.19. The van der Waals surface area contributed by atoms with E-state index in [1.54, 1.807) is 12.1 Å². The van der Waals surface area contributed by atoms with E-state index < -0.39 is 0 Å². The van der Waals surface area contributed by atoms with Crippen LogP contribution in [0.15, 0.2) is 48.5 Å². The highest BCUT2D eigenvalue weighted by atomic mass is 19.1. The molecule has 1 unspecified atom stereocenters. The van der Waals surface area contributed by atoms with Crippen LogP contribution >= 0.6 is 0 Å². The van der Waals surface area contributed by atoms with Gasteiger partial charge >= 0.3 is 0 Å². The summed E-state index contributed by atoms with van der Waals surface area (Å²) in [5.41, 5.74) is 0. The average Bonchev–Trinajstić information content (AvgIpc) is 2.59. The summed E-state index contributed by atoms with van der Waals surface area (Å²) in [5.74, 6) is 1.89. The summed E-state index contributed by atoms with van der Waals surface area (Å²) >= 11 is 0. The predicted molar refractivity (Wildman–Crippen MR) is 88.7 cm³/mol. The molecule has 1 aliphatic rings. The smallest absolute Gasteiger partial charge is 0.127 e. The minimum Gasteiger partial charge on any atom is -0.494 e. The number of piperidine rings is 1. The van der Waals surface area contributed by atoms with Crippen molar-refractivity contribution in [2.75, 3.05) is 13.2 Å². The van der Waals surface area contributed by atoms with E-state index in [4.69, 9.17) is 9.47 Å². The summed E-state index contributed by atoms with van der Waals surface area (Å²) in [6, 6.07) is 14.1. The molecule has 23 heavy (non-hydrogen) atoms. The maximum Gasteiger partial charge on any atom is 0.127 e. The van der Waals surface area contributed by atoms with Crippen LogP contribution in [0.1, 0.15) is 25.7 Å². The highest BCUT2D eigenvalue weighted by molar-refractivity contribution is 5.35. The zero-order chi connectivity index (χ0) is 15.9. The number of hydrogen-bond acceptors (Lipinski definition) is 3. The molecule has 4 heteroatoms. The number of ether oxygens (including phenoxy) is 2. The number of nitrogens with one attached hydrogen (secondary N) is 1. The Morgan fingerprint density at radius 1 is 0.913 bits per heavy atom. The van der Waals surface area contributed by atoms with Gasteiger partial charge in [0.15, 0.2) is 0 Å². The van der Waals surface area contributed by atoms with Crippen LogP contribution in [-0.4, -0.2) is 19.2 Å². The van der Waals surface area contributed by atoms with E-state index in [0.717, 1.165) is 25.3 Å². The molecule has 1 atom stereocenters. The molecule has 1 aliphatic heterocycles. The zero-order valence-corrected chi connectivity index (χ0v) is 13.1. The lowest BCUT2D eigenvalue weighted by Crippen LogP contribution is -2.35. The van der Waals surface area contributed by atoms with Crippen molar-refractivity contribution in [2.24, 2.45) is 0 Å². The van der Waals surface area contributed by atoms with Crippen LogP contribution in [0.5, 0.6) is 17.2 Å². The minimum atomic E-state index is -0.270. The number of benzene rings is 2. The van der Waals surface area contributed by atoms with Crippen LogP contribution in [-0.2, 0) is 0 Å². The summed E-state index contributed by atoms with van der Waals surface area (Å²) < 4.78 is 24.3. The van der Waals surface area contributed by atoms with Gasteiger partial charge in [0.2, 0.25) is 0 Å². The third-order valence-corrected chi connectivity index (χ3v) is 4.02. The first-order valence-corrected chi connectivity index (χ1v) is 8.19. The van der Waals surface area contributed by atoms with Gasteiger partial charge in [-0.3, -0.25) is 0 Å². The number of rotatable bonds is 6. The Hall–Kier alpha value is -2.07. The molecule has 1 fully saturated rings. The van der Waals surface area contributed by atoms with Gasteiger partial charge in [-0.25, -0.2) is 4.39 Å². The topological polar surface area (TPSA) is 30.5 Å². The Labute approximate surface area is 136 Å². The molecule has 0 radical (unpaired) electrons. The Morgan fingerprint density at radius 2 is 1.57 bits per heavy atom. The van der Waals surface area contributed by atoms with Crippen molar-refractivity contribution in [3.8, 4) is 17.2 Å². The van der Waals surface area contributed by atoms with Gasteiger partial charge < -0.3 is 14.8 Å². The van der Waals surface area contributed by atoms with E-state index in [9.17, 15) is 4.39 Å². The van der Waals surface area contributed by atoms with Crippen molar-refractivity contribution >= 4 is 0 Å². The van der Waals surface area contributed by atoms with Gasteiger partial charge in [-0.15, -0.1) is 0 Å². The molecule has 3 nitrogen and oxygen atoms in total. The van der Waals surface area contributed by atoms with E-state index in [2.05, 4.69) is 5.32 Å². The van der Waals surface area contributed by atoms with Crippen LogP contribution < -0.4 is 14.8 Å². The van der Waals surface area contributed by atoms with Crippen molar-refractivity contribution in [1.82, 2.24) is 5.32 Å². The molecule has 0 aliphatic carbocycles.